The Labute approximate surface area is 127 Å². The molecule has 21 heavy (non-hydrogen) atoms. The van der Waals surface area contributed by atoms with E-state index in [9.17, 15) is 0 Å². The van der Waals surface area contributed by atoms with Crippen LogP contribution in [0.5, 0.6) is 0 Å². The summed E-state index contributed by atoms with van der Waals surface area (Å²) in [6.07, 6.45) is 1.99. The van der Waals surface area contributed by atoms with Crippen molar-refractivity contribution in [2.75, 3.05) is 17.2 Å². The van der Waals surface area contributed by atoms with Gasteiger partial charge in [0.2, 0.25) is 0 Å². The zero-order chi connectivity index (χ0) is 15.2. The zero-order valence-electron chi connectivity index (χ0n) is 13.1. The molecule has 1 aromatic carbocycles. The lowest BCUT2D eigenvalue weighted by Crippen LogP contribution is -2.25. The molecule has 0 aliphatic carbocycles. The maximum Gasteiger partial charge on any atom is 0.132 e. The van der Waals surface area contributed by atoms with Gasteiger partial charge in [0, 0.05) is 30.5 Å². The third kappa shape index (κ3) is 3.94. The van der Waals surface area contributed by atoms with Crippen LogP contribution < -0.4 is 10.6 Å². The molecule has 112 valence electrons. The van der Waals surface area contributed by atoms with E-state index in [2.05, 4.69) is 40.8 Å². The van der Waals surface area contributed by atoms with Gasteiger partial charge in [-0.15, -0.1) is 0 Å². The lowest BCUT2D eigenvalue weighted by Gasteiger charge is -2.24. The number of aryl methyl sites for hydroxylation is 2. The highest BCUT2D eigenvalue weighted by Gasteiger charge is 2.11. The zero-order valence-corrected chi connectivity index (χ0v) is 13.1. The smallest absolute Gasteiger partial charge is 0.132 e. The Bertz CT molecular complexity index is 595. The number of nitrogen functional groups attached to an aromatic ring is 1. The predicted octanol–water partition coefficient (Wildman–Crippen LogP) is 3.35. The minimum Gasteiger partial charge on any atom is -0.398 e. The summed E-state index contributed by atoms with van der Waals surface area (Å²) in [5, 5.41) is 0. The normalized spacial score (nSPS) is 10.6. The first kappa shape index (κ1) is 15.3. The van der Waals surface area contributed by atoms with Crippen LogP contribution in [0.1, 0.15) is 37.4 Å². The van der Waals surface area contributed by atoms with Crippen molar-refractivity contribution in [3.8, 4) is 0 Å². The molecule has 0 radical (unpaired) electrons. The maximum absolute atomic E-state index is 6.07. The second-order valence-electron chi connectivity index (χ2n) is 5.24. The highest BCUT2D eigenvalue weighted by atomic mass is 15.2. The average Bonchev–Trinajstić information content (AvgIpc) is 2.48. The summed E-state index contributed by atoms with van der Waals surface area (Å²) in [5.74, 6) is 1.82. The fourth-order valence-electron chi connectivity index (χ4n) is 2.38. The first-order valence-electron chi connectivity index (χ1n) is 7.57. The maximum atomic E-state index is 6.07. The molecule has 0 unspecified atom stereocenters. The minimum atomic E-state index is 0.778. The molecule has 0 saturated heterocycles. The fraction of sp³-hybridized carbons (Fsp3) is 0.412. The molecule has 1 heterocycles. The molecule has 0 spiro atoms. The van der Waals surface area contributed by atoms with Gasteiger partial charge in [-0.25, -0.2) is 9.97 Å². The largest absolute Gasteiger partial charge is 0.398 e. The highest BCUT2D eigenvalue weighted by molar-refractivity contribution is 5.50. The number of benzene rings is 1. The molecular weight excluding hydrogens is 260 g/mol. The Morgan fingerprint density at radius 3 is 2.57 bits per heavy atom. The number of hydrogen-bond donors (Lipinski definition) is 1. The third-order valence-electron chi connectivity index (χ3n) is 3.47. The molecule has 0 amide bonds. The van der Waals surface area contributed by atoms with E-state index in [1.54, 1.807) is 0 Å². The molecular formula is C17H24N4. The molecule has 0 fully saturated rings. The third-order valence-corrected chi connectivity index (χ3v) is 3.47. The van der Waals surface area contributed by atoms with E-state index in [0.717, 1.165) is 54.5 Å². The van der Waals surface area contributed by atoms with Crippen LogP contribution in [-0.4, -0.2) is 16.5 Å². The molecule has 0 saturated carbocycles. The van der Waals surface area contributed by atoms with Crippen LogP contribution in [0.25, 0.3) is 0 Å². The van der Waals surface area contributed by atoms with Crippen LogP contribution in [0, 0.1) is 6.92 Å². The topological polar surface area (TPSA) is 55.0 Å². The van der Waals surface area contributed by atoms with Crippen molar-refractivity contribution < 1.29 is 0 Å². The predicted molar refractivity (Wildman–Crippen MR) is 88.3 cm³/mol. The number of rotatable bonds is 6. The molecule has 1 aromatic heterocycles. The number of anilines is 2. The molecule has 0 aliphatic heterocycles. The van der Waals surface area contributed by atoms with E-state index in [1.165, 1.54) is 0 Å². The van der Waals surface area contributed by atoms with Gasteiger partial charge >= 0.3 is 0 Å². The standard InChI is InChI=1S/C17H24N4/c1-4-10-21(12-14-8-6-7-9-16(14)18)17-11-15(5-2)19-13(3)20-17/h6-9,11H,4-5,10,12,18H2,1-3H3. The molecule has 2 N–H and O–H groups in total. The van der Waals surface area contributed by atoms with Crippen LogP contribution in [0.3, 0.4) is 0 Å². The average molecular weight is 284 g/mol. The fourth-order valence-corrected chi connectivity index (χ4v) is 2.38. The molecule has 2 rings (SSSR count). The number of para-hydroxylation sites is 1. The van der Waals surface area contributed by atoms with Crippen molar-refractivity contribution in [1.82, 2.24) is 9.97 Å². The summed E-state index contributed by atoms with van der Waals surface area (Å²) in [6.45, 7) is 7.97. The van der Waals surface area contributed by atoms with E-state index in [1.807, 2.05) is 25.1 Å². The lowest BCUT2D eigenvalue weighted by atomic mass is 10.1. The van der Waals surface area contributed by atoms with Gasteiger partial charge in [0.15, 0.2) is 0 Å². The summed E-state index contributed by atoms with van der Waals surface area (Å²) < 4.78 is 0. The van der Waals surface area contributed by atoms with Gasteiger partial charge in [0.1, 0.15) is 11.6 Å². The van der Waals surface area contributed by atoms with E-state index in [4.69, 9.17) is 5.73 Å². The van der Waals surface area contributed by atoms with Crippen LogP contribution in [0.15, 0.2) is 30.3 Å². The first-order valence-corrected chi connectivity index (χ1v) is 7.57. The second kappa shape index (κ2) is 7.07. The minimum absolute atomic E-state index is 0.778. The Hall–Kier alpha value is -2.10. The Morgan fingerprint density at radius 1 is 1.14 bits per heavy atom. The van der Waals surface area contributed by atoms with Crippen molar-refractivity contribution in [2.24, 2.45) is 0 Å². The number of hydrogen-bond acceptors (Lipinski definition) is 4. The summed E-state index contributed by atoms with van der Waals surface area (Å²) in [7, 11) is 0. The van der Waals surface area contributed by atoms with E-state index >= 15 is 0 Å². The molecule has 0 aliphatic rings. The van der Waals surface area contributed by atoms with E-state index in [0.29, 0.717) is 0 Å². The van der Waals surface area contributed by atoms with Gasteiger partial charge in [-0.1, -0.05) is 32.0 Å². The van der Waals surface area contributed by atoms with Gasteiger partial charge < -0.3 is 10.6 Å². The van der Waals surface area contributed by atoms with E-state index < -0.39 is 0 Å². The quantitative estimate of drug-likeness (QED) is 0.827. The molecule has 0 atom stereocenters. The molecule has 4 heteroatoms. The van der Waals surface area contributed by atoms with Crippen molar-refractivity contribution in [3.63, 3.8) is 0 Å². The summed E-state index contributed by atoms with van der Waals surface area (Å²) in [5.41, 5.74) is 9.13. The SMILES string of the molecule is CCCN(Cc1ccccc1N)c1cc(CC)nc(C)n1. The Balaban J connectivity index is 2.30. The number of nitrogens with zero attached hydrogens (tertiary/aromatic N) is 3. The van der Waals surface area contributed by atoms with Crippen LogP contribution in [-0.2, 0) is 13.0 Å². The second-order valence-corrected chi connectivity index (χ2v) is 5.24. The van der Waals surface area contributed by atoms with Crippen molar-refractivity contribution in [2.45, 2.75) is 40.2 Å². The van der Waals surface area contributed by atoms with Crippen molar-refractivity contribution in [1.29, 1.82) is 0 Å². The summed E-state index contributed by atoms with van der Waals surface area (Å²) >= 11 is 0. The Kier molecular flexibility index (Phi) is 5.14. The first-order chi connectivity index (χ1) is 10.1. The van der Waals surface area contributed by atoms with E-state index in [-0.39, 0.29) is 0 Å². The van der Waals surface area contributed by atoms with Gasteiger partial charge in [-0.2, -0.15) is 0 Å². The summed E-state index contributed by atoms with van der Waals surface area (Å²) in [6, 6.07) is 10.1. The summed E-state index contributed by atoms with van der Waals surface area (Å²) in [4.78, 5) is 11.3. The number of aromatic nitrogens is 2. The van der Waals surface area contributed by atoms with Gasteiger partial charge in [-0.05, 0) is 31.4 Å². The van der Waals surface area contributed by atoms with Crippen molar-refractivity contribution >= 4 is 11.5 Å². The van der Waals surface area contributed by atoms with Crippen LogP contribution in [0.2, 0.25) is 0 Å². The Morgan fingerprint density at radius 2 is 1.90 bits per heavy atom. The highest BCUT2D eigenvalue weighted by Crippen LogP contribution is 2.20. The monoisotopic (exact) mass is 284 g/mol. The molecule has 4 nitrogen and oxygen atoms in total. The molecule has 2 aromatic rings. The van der Waals surface area contributed by atoms with Crippen LogP contribution >= 0.6 is 0 Å². The number of nitrogens with two attached hydrogens (primary N) is 1. The lowest BCUT2D eigenvalue weighted by molar-refractivity contribution is 0.747. The van der Waals surface area contributed by atoms with Crippen molar-refractivity contribution in [3.05, 3.63) is 47.4 Å². The van der Waals surface area contributed by atoms with Gasteiger partial charge in [-0.3, -0.25) is 0 Å². The molecule has 0 bridgehead atoms. The van der Waals surface area contributed by atoms with Gasteiger partial charge in [0.05, 0.1) is 0 Å². The van der Waals surface area contributed by atoms with Crippen LogP contribution in [0.4, 0.5) is 11.5 Å². The van der Waals surface area contributed by atoms with Gasteiger partial charge in [0.25, 0.3) is 0 Å².